The third kappa shape index (κ3) is 4.60. The predicted molar refractivity (Wildman–Crippen MR) is 91.2 cm³/mol. The highest BCUT2D eigenvalue weighted by Gasteiger charge is 2.03. The number of methoxy groups -OCH3 is 1. The topological polar surface area (TPSA) is 62.3 Å². The normalized spacial score (nSPS) is 10.4. The highest BCUT2D eigenvalue weighted by molar-refractivity contribution is 5.61. The average molecular weight is 301 g/mol. The molecule has 118 valence electrons. The molecule has 0 amide bonds. The van der Waals surface area contributed by atoms with Crippen molar-refractivity contribution in [3.8, 4) is 0 Å². The van der Waals surface area contributed by atoms with E-state index in [1.807, 2.05) is 39.2 Å². The summed E-state index contributed by atoms with van der Waals surface area (Å²) in [4.78, 5) is 10.9. The first-order valence-corrected chi connectivity index (χ1v) is 7.21. The van der Waals surface area contributed by atoms with Gasteiger partial charge in [0.25, 0.3) is 0 Å². The monoisotopic (exact) mass is 301 g/mol. The second-order valence-corrected chi connectivity index (χ2v) is 5.20. The van der Waals surface area contributed by atoms with Crippen molar-refractivity contribution < 1.29 is 4.74 Å². The standard InChI is InChI=1S/C16H23N5O/c1-12-11-15(20-16(18-12)17-9-10-22-4)19-13-5-7-14(8-6-13)21(2)3/h5-8,11H,9-10H2,1-4H3,(H2,17,18,19,20). The Morgan fingerprint density at radius 1 is 1.14 bits per heavy atom. The van der Waals surface area contributed by atoms with Gasteiger partial charge in [-0.2, -0.15) is 4.98 Å². The molecule has 0 atom stereocenters. The van der Waals surface area contributed by atoms with Crippen molar-refractivity contribution >= 4 is 23.1 Å². The molecule has 0 radical (unpaired) electrons. The third-order valence-corrected chi connectivity index (χ3v) is 3.10. The first-order valence-electron chi connectivity index (χ1n) is 7.21. The molecule has 6 heteroatoms. The molecule has 0 unspecified atom stereocenters. The first kappa shape index (κ1) is 16.0. The van der Waals surface area contributed by atoms with Gasteiger partial charge in [0.1, 0.15) is 5.82 Å². The lowest BCUT2D eigenvalue weighted by Crippen LogP contribution is -2.11. The van der Waals surface area contributed by atoms with Crippen LogP contribution in [-0.4, -0.2) is 44.3 Å². The van der Waals surface area contributed by atoms with Crippen molar-refractivity contribution in [2.24, 2.45) is 0 Å². The Labute approximate surface area is 131 Å². The van der Waals surface area contributed by atoms with E-state index in [-0.39, 0.29) is 0 Å². The molecular weight excluding hydrogens is 278 g/mol. The number of hydrogen-bond donors (Lipinski definition) is 2. The quantitative estimate of drug-likeness (QED) is 0.767. The van der Waals surface area contributed by atoms with Crippen molar-refractivity contribution in [3.63, 3.8) is 0 Å². The number of hydrogen-bond acceptors (Lipinski definition) is 6. The van der Waals surface area contributed by atoms with Crippen LogP contribution in [-0.2, 0) is 4.74 Å². The molecule has 22 heavy (non-hydrogen) atoms. The molecule has 0 fully saturated rings. The number of anilines is 4. The van der Waals surface area contributed by atoms with Crippen LogP contribution in [0.1, 0.15) is 5.69 Å². The Kier molecular flexibility index (Phi) is 5.55. The van der Waals surface area contributed by atoms with Crippen LogP contribution in [0, 0.1) is 6.92 Å². The van der Waals surface area contributed by atoms with Crippen molar-refractivity contribution in [1.29, 1.82) is 0 Å². The van der Waals surface area contributed by atoms with E-state index in [1.54, 1.807) is 7.11 Å². The van der Waals surface area contributed by atoms with Crippen LogP contribution < -0.4 is 15.5 Å². The minimum absolute atomic E-state index is 0.601. The van der Waals surface area contributed by atoms with E-state index in [0.29, 0.717) is 19.1 Å². The summed E-state index contributed by atoms with van der Waals surface area (Å²) in [7, 11) is 5.71. The Balaban J connectivity index is 2.08. The molecule has 0 saturated carbocycles. The summed E-state index contributed by atoms with van der Waals surface area (Å²) in [6.45, 7) is 3.24. The maximum absolute atomic E-state index is 5.01. The van der Waals surface area contributed by atoms with Crippen LogP contribution in [0.15, 0.2) is 30.3 Å². The summed E-state index contributed by atoms with van der Waals surface area (Å²) in [5.74, 6) is 1.37. The molecule has 1 aromatic carbocycles. The predicted octanol–water partition coefficient (Wildman–Crippen LogP) is 2.65. The summed E-state index contributed by atoms with van der Waals surface area (Å²) < 4.78 is 5.01. The van der Waals surface area contributed by atoms with E-state index in [2.05, 4.69) is 37.6 Å². The number of nitrogens with zero attached hydrogens (tertiary/aromatic N) is 3. The van der Waals surface area contributed by atoms with Gasteiger partial charge < -0.3 is 20.3 Å². The molecule has 0 bridgehead atoms. The van der Waals surface area contributed by atoms with Crippen molar-refractivity contribution in [1.82, 2.24) is 9.97 Å². The second-order valence-electron chi connectivity index (χ2n) is 5.20. The highest BCUT2D eigenvalue weighted by Crippen LogP contribution is 2.20. The average Bonchev–Trinajstić information content (AvgIpc) is 2.47. The van der Waals surface area contributed by atoms with Crippen LogP contribution in [0.3, 0.4) is 0 Å². The number of rotatable bonds is 7. The maximum atomic E-state index is 5.01. The molecule has 2 aromatic rings. The van der Waals surface area contributed by atoms with Gasteiger partial charge in [-0.15, -0.1) is 0 Å². The number of nitrogens with one attached hydrogen (secondary N) is 2. The van der Waals surface area contributed by atoms with E-state index >= 15 is 0 Å². The molecule has 0 aliphatic rings. The Morgan fingerprint density at radius 2 is 1.86 bits per heavy atom. The van der Waals surface area contributed by atoms with E-state index < -0.39 is 0 Å². The fraction of sp³-hybridized carbons (Fsp3) is 0.375. The molecule has 2 N–H and O–H groups in total. The van der Waals surface area contributed by atoms with Gasteiger partial charge in [0.05, 0.1) is 6.61 Å². The molecule has 1 aromatic heterocycles. The van der Waals surface area contributed by atoms with Gasteiger partial charge in [-0.25, -0.2) is 4.98 Å². The highest BCUT2D eigenvalue weighted by atomic mass is 16.5. The van der Waals surface area contributed by atoms with Crippen molar-refractivity contribution in [2.75, 3.05) is 49.9 Å². The Bertz CT molecular complexity index is 598. The van der Waals surface area contributed by atoms with Gasteiger partial charge in [-0.1, -0.05) is 0 Å². The fourth-order valence-corrected chi connectivity index (χ4v) is 1.97. The Morgan fingerprint density at radius 3 is 2.50 bits per heavy atom. The van der Waals surface area contributed by atoms with Crippen LogP contribution in [0.25, 0.3) is 0 Å². The zero-order valence-electron chi connectivity index (χ0n) is 13.6. The van der Waals surface area contributed by atoms with Crippen LogP contribution in [0.2, 0.25) is 0 Å². The fourth-order valence-electron chi connectivity index (χ4n) is 1.97. The molecule has 6 nitrogen and oxygen atoms in total. The minimum Gasteiger partial charge on any atom is -0.383 e. The molecule has 0 aliphatic heterocycles. The summed E-state index contributed by atoms with van der Waals surface area (Å²) in [6.07, 6.45) is 0. The first-order chi connectivity index (χ1) is 10.6. The molecule has 0 aliphatic carbocycles. The van der Waals surface area contributed by atoms with Crippen molar-refractivity contribution in [3.05, 3.63) is 36.0 Å². The molecule has 0 spiro atoms. The van der Waals surface area contributed by atoms with Crippen LogP contribution in [0.5, 0.6) is 0 Å². The largest absolute Gasteiger partial charge is 0.383 e. The summed E-state index contributed by atoms with van der Waals surface area (Å²) in [6, 6.07) is 10.1. The molecule has 1 heterocycles. The smallest absolute Gasteiger partial charge is 0.224 e. The molecule has 2 rings (SSSR count). The van der Waals surface area contributed by atoms with Crippen molar-refractivity contribution in [2.45, 2.75) is 6.92 Å². The van der Waals surface area contributed by atoms with Gasteiger partial charge >= 0.3 is 0 Å². The molecular formula is C16H23N5O. The van der Waals surface area contributed by atoms with E-state index in [0.717, 1.165) is 22.9 Å². The molecule has 0 saturated heterocycles. The van der Waals surface area contributed by atoms with E-state index in [4.69, 9.17) is 4.74 Å². The van der Waals surface area contributed by atoms with Gasteiger partial charge in [0.2, 0.25) is 5.95 Å². The van der Waals surface area contributed by atoms with Gasteiger partial charge in [-0.3, -0.25) is 0 Å². The van der Waals surface area contributed by atoms with E-state index in [1.165, 1.54) is 0 Å². The minimum atomic E-state index is 0.601. The third-order valence-electron chi connectivity index (χ3n) is 3.10. The lowest BCUT2D eigenvalue weighted by molar-refractivity contribution is 0.210. The van der Waals surface area contributed by atoms with E-state index in [9.17, 15) is 0 Å². The summed E-state index contributed by atoms with van der Waals surface area (Å²) >= 11 is 0. The van der Waals surface area contributed by atoms with Gasteiger partial charge in [0.15, 0.2) is 0 Å². The van der Waals surface area contributed by atoms with Gasteiger partial charge in [0, 0.05) is 50.9 Å². The summed E-state index contributed by atoms with van der Waals surface area (Å²) in [5.41, 5.74) is 3.06. The zero-order chi connectivity index (χ0) is 15.9. The van der Waals surface area contributed by atoms with Crippen LogP contribution in [0.4, 0.5) is 23.1 Å². The lowest BCUT2D eigenvalue weighted by Gasteiger charge is -2.13. The second kappa shape index (κ2) is 7.61. The summed E-state index contributed by atoms with van der Waals surface area (Å²) in [5, 5.41) is 6.44. The zero-order valence-corrected chi connectivity index (χ0v) is 13.6. The number of benzene rings is 1. The lowest BCUT2D eigenvalue weighted by atomic mass is 10.2. The number of ether oxygens (including phenoxy) is 1. The number of aromatic nitrogens is 2. The maximum Gasteiger partial charge on any atom is 0.224 e. The SMILES string of the molecule is COCCNc1nc(C)cc(Nc2ccc(N(C)C)cc2)n1. The van der Waals surface area contributed by atoms with Gasteiger partial charge in [-0.05, 0) is 31.2 Å². The van der Waals surface area contributed by atoms with Crippen LogP contribution >= 0.6 is 0 Å². The Hall–Kier alpha value is -2.34. The number of aryl methyl sites for hydroxylation is 1.